The zero-order valence-corrected chi connectivity index (χ0v) is 43.8. The summed E-state index contributed by atoms with van der Waals surface area (Å²) in [6.07, 6.45) is 6.29. The van der Waals surface area contributed by atoms with Gasteiger partial charge in [-0.1, -0.05) is 69.2 Å². The van der Waals surface area contributed by atoms with E-state index in [9.17, 15) is 13.2 Å². The van der Waals surface area contributed by atoms with Gasteiger partial charge in [0, 0.05) is 68.9 Å². The number of alkyl halides is 3. The van der Waals surface area contributed by atoms with Crippen LogP contribution in [-0.2, 0) is 0 Å². The Bertz CT molecular complexity index is 1040. The van der Waals surface area contributed by atoms with Crippen molar-refractivity contribution in [3.8, 4) is 0 Å². The van der Waals surface area contributed by atoms with Crippen LogP contribution in [0.15, 0.2) is 0 Å². The van der Waals surface area contributed by atoms with Gasteiger partial charge in [-0.3, -0.25) is 4.90 Å². The van der Waals surface area contributed by atoms with Gasteiger partial charge in [-0.05, 0) is 181 Å². The van der Waals surface area contributed by atoms with Crippen molar-refractivity contribution in [2.24, 2.45) is 53.3 Å². The topological polar surface area (TPSA) is 16.2 Å². The molecule has 0 radical (unpaired) electrons. The van der Waals surface area contributed by atoms with E-state index in [0.29, 0.717) is 25.3 Å². The van der Waals surface area contributed by atoms with E-state index in [2.05, 4.69) is 117 Å². The van der Waals surface area contributed by atoms with Crippen LogP contribution in [0.3, 0.4) is 0 Å². The number of likely N-dealkylation sites (tertiary alicyclic amines) is 5. The van der Waals surface area contributed by atoms with E-state index < -0.39 is 17.5 Å². The van der Waals surface area contributed by atoms with E-state index in [0.717, 1.165) is 73.3 Å². The first-order valence-electron chi connectivity index (χ1n) is 25.4. The Kier molecular flexibility index (Phi) is 26.1. The minimum atomic E-state index is -2.50. The van der Waals surface area contributed by atoms with Gasteiger partial charge in [0.15, 0.2) is 0 Å². The highest BCUT2D eigenvalue weighted by Gasteiger charge is 2.46. The Morgan fingerprint density at radius 1 is 0.367 bits per heavy atom. The van der Waals surface area contributed by atoms with Gasteiger partial charge >= 0.3 is 0 Å². The van der Waals surface area contributed by atoms with Gasteiger partial charge in [0.05, 0.1) is 6.54 Å². The van der Waals surface area contributed by atoms with Crippen molar-refractivity contribution >= 4 is 0 Å². The number of nitrogens with zero attached hydrogens (tertiary/aromatic N) is 5. The third-order valence-corrected chi connectivity index (χ3v) is 15.4. The molecule has 2 unspecified atom stereocenters. The number of hydrogen-bond donors (Lipinski definition) is 0. The second kappa shape index (κ2) is 27.2. The smallest absolute Gasteiger partial charge is 0.263 e. The monoisotopic (exact) mass is 858 g/mol. The highest BCUT2D eigenvalue weighted by Crippen LogP contribution is 2.38. The van der Waals surface area contributed by atoms with Gasteiger partial charge in [-0.2, -0.15) is 0 Å². The predicted molar refractivity (Wildman–Crippen MR) is 258 cm³/mol. The van der Waals surface area contributed by atoms with Crippen LogP contribution in [0.25, 0.3) is 0 Å². The standard InChI is InChI=1S/C11H21F2N.C11H22FN.C11H23N.C10H21N.C9H19N/c1-8(2)10-5-6-14(9(3)4)7-11(10,12)13;1-9(2)11(12)5-7-13(8-6-11)10(3)4;1-9(2)11-5-7-12(8-6-11)10(3)4;1-8(2)10-5-6-11(7-10)9(3)4;1-7(2)9-5-10(6-9)8(3)4/h8-10H,5-7H2,1-4H3;9-10H,5-8H2,1-4H3;9-11H,5-8H2,1-4H3;8-10H,5-7H2,1-4H3;7-9H,5-6H2,1-4H3. The number of rotatable bonds is 10. The average molecular weight is 858 g/mol. The number of halogens is 3. The molecule has 360 valence electrons. The van der Waals surface area contributed by atoms with Crippen LogP contribution in [0.1, 0.15) is 177 Å². The molecule has 0 bridgehead atoms. The molecule has 5 saturated heterocycles. The SMILES string of the molecule is CC(C)C1CCN(C(C)C)C1.CC(C)C1CCN(C(C)C)CC1.CC(C)C1CCN(C(C)C)CC1(F)F.CC(C)C1CN(C(C)C)C1.CC(C)N1CCC(F)(C(C)C)CC1. The Labute approximate surface area is 374 Å². The lowest BCUT2D eigenvalue weighted by Crippen LogP contribution is -2.52. The summed E-state index contributed by atoms with van der Waals surface area (Å²) in [7, 11) is 0. The molecule has 0 saturated carbocycles. The Morgan fingerprint density at radius 2 is 0.717 bits per heavy atom. The maximum Gasteiger partial charge on any atom is 0.263 e. The quantitative estimate of drug-likeness (QED) is 0.217. The fourth-order valence-corrected chi connectivity index (χ4v) is 9.56. The van der Waals surface area contributed by atoms with Gasteiger partial charge in [0.25, 0.3) is 5.92 Å². The molecule has 5 aliphatic rings. The van der Waals surface area contributed by atoms with Gasteiger partial charge in [0.2, 0.25) is 0 Å². The van der Waals surface area contributed by atoms with Gasteiger partial charge in [-0.15, -0.1) is 0 Å². The Balaban J connectivity index is 0.000000377. The van der Waals surface area contributed by atoms with E-state index in [4.69, 9.17) is 0 Å². The van der Waals surface area contributed by atoms with Crippen molar-refractivity contribution in [1.29, 1.82) is 0 Å². The van der Waals surface area contributed by atoms with E-state index >= 15 is 0 Å². The molecule has 8 heteroatoms. The maximum absolute atomic E-state index is 14.1. The molecule has 0 N–H and O–H groups in total. The predicted octanol–water partition coefficient (Wildman–Crippen LogP) is 13.0. The summed E-state index contributed by atoms with van der Waals surface area (Å²) in [4.78, 5) is 12.0. The second-order valence-electron chi connectivity index (χ2n) is 22.9. The lowest BCUT2D eigenvalue weighted by molar-refractivity contribution is -0.130. The summed E-state index contributed by atoms with van der Waals surface area (Å²) in [5.41, 5.74) is -0.897. The van der Waals surface area contributed by atoms with Crippen LogP contribution in [0.2, 0.25) is 0 Å². The third-order valence-electron chi connectivity index (χ3n) is 15.4. The zero-order valence-electron chi connectivity index (χ0n) is 43.8. The van der Waals surface area contributed by atoms with Crippen LogP contribution in [0.4, 0.5) is 13.2 Å². The molecule has 60 heavy (non-hydrogen) atoms. The molecule has 0 aromatic heterocycles. The normalized spacial score (nSPS) is 25.1. The Hall–Kier alpha value is -0.410. The average Bonchev–Trinajstić information content (AvgIpc) is 3.63. The minimum Gasteiger partial charge on any atom is -0.301 e. The molecular weight excluding hydrogens is 752 g/mol. The first kappa shape index (κ1) is 57.6. The molecule has 5 fully saturated rings. The Morgan fingerprint density at radius 3 is 1.03 bits per heavy atom. The molecule has 0 amide bonds. The van der Waals surface area contributed by atoms with Crippen molar-refractivity contribution in [3.63, 3.8) is 0 Å². The molecule has 0 aliphatic carbocycles. The summed E-state index contributed by atoms with van der Waals surface area (Å²) in [6.45, 7) is 54.4. The van der Waals surface area contributed by atoms with Gasteiger partial charge in [-0.25, -0.2) is 13.2 Å². The van der Waals surface area contributed by atoms with E-state index in [-0.39, 0.29) is 24.4 Å². The van der Waals surface area contributed by atoms with Crippen LogP contribution in [0.5, 0.6) is 0 Å². The summed E-state index contributed by atoms with van der Waals surface area (Å²) in [5, 5.41) is 0. The second-order valence-corrected chi connectivity index (χ2v) is 22.9. The van der Waals surface area contributed by atoms with Crippen LogP contribution in [-0.4, -0.2) is 132 Å². The van der Waals surface area contributed by atoms with Crippen molar-refractivity contribution in [2.75, 3.05) is 65.4 Å². The van der Waals surface area contributed by atoms with Crippen LogP contribution in [0, 0.1) is 53.3 Å². The van der Waals surface area contributed by atoms with Crippen molar-refractivity contribution in [3.05, 3.63) is 0 Å². The molecule has 5 rings (SSSR count). The van der Waals surface area contributed by atoms with Crippen molar-refractivity contribution < 1.29 is 13.2 Å². The van der Waals surface area contributed by atoms with E-state index in [1.54, 1.807) is 0 Å². The molecule has 2 atom stereocenters. The largest absolute Gasteiger partial charge is 0.301 e. The van der Waals surface area contributed by atoms with E-state index in [1.807, 2.05) is 46.4 Å². The number of hydrogen-bond acceptors (Lipinski definition) is 5. The third kappa shape index (κ3) is 19.8. The van der Waals surface area contributed by atoms with Crippen molar-refractivity contribution in [1.82, 2.24) is 24.5 Å². The molecule has 0 aromatic carbocycles. The first-order valence-corrected chi connectivity index (χ1v) is 25.4. The molecular formula is C52H106F3N5. The highest BCUT2D eigenvalue weighted by atomic mass is 19.3. The van der Waals surface area contributed by atoms with Crippen LogP contribution >= 0.6 is 0 Å². The van der Waals surface area contributed by atoms with Crippen LogP contribution < -0.4 is 0 Å². The lowest BCUT2D eigenvalue weighted by atomic mass is 9.83. The maximum atomic E-state index is 14.1. The molecule has 5 nitrogen and oxygen atoms in total. The van der Waals surface area contributed by atoms with Crippen molar-refractivity contribution in [2.45, 2.75) is 219 Å². The first-order chi connectivity index (χ1) is 27.6. The number of piperidine rings is 3. The fraction of sp³-hybridized carbons (Fsp3) is 1.00. The van der Waals surface area contributed by atoms with Gasteiger partial charge < -0.3 is 19.6 Å². The summed E-state index contributed by atoms with van der Waals surface area (Å²) < 4.78 is 41.5. The summed E-state index contributed by atoms with van der Waals surface area (Å²) in [6, 6.07) is 3.05. The summed E-state index contributed by atoms with van der Waals surface area (Å²) >= 11 is 0. The minimum absolute atomic E-state index is 0.0620. The molecule has 5 heterocycles. The van der Waals surface area contributed by atoms with E-state index in [1.165, 1.54) is 58.5 Å². The fourth-order valence-electron chi connectivity index (χ4n) is 9.56. The highest BCUT2D eigenvalue weighted by molar-refractivity contribution is 4.90. The molecule has 0 spiro atoms. The zero-order chi connectivity index (χ0) is 46.3. The lowest BCUT2D eigenvalue weighted by Gasteiger charge is -2.44. The molecule has 5 aliphatic heterocycles. The van der Waals surface area contributed by atoms with Gasteiger partial charge in [0.1, 0.15) is 5.67 Å². The molecule has 0 aromatic rings. The summed E-state index contributed by atoms with van der Waals surface area (Å²) in [5.74, 6) is 2.88.